The molecule has 0 aromatic heterocycles. The van der Waals surface area contributed by atoms with E-state index in [9.17, 15) is 9.59 Å². The highest BCUT2D eigenvalue weighted by molar-refractivity contribution is 6.42. The fraction of sp³-hybridized carbons (Fsp3) is 0.394. The summed E-state index contributed by atoms with van der Waals surface area (Å²) < 4.78 is 6.76. The van der Waals surface area contributed by atoms with Gasteiger partial charge in [0.25, 0.3) is 0 Å². The standard InChI is InChI=1S/C33H37Cl2N3O3.ClH/c1-25(39)36-32(27-10-6-3-7-11-27)16-18-37(19-17-32)20-21-41-33(28-12-13-29(34)30(35)22-28)15-14-31(40)38(24-33)23-26-8-4-2-5-9-26;/h2-13,22H,14-21,23-24H2,1H3,(H,36,39);1H. The molecule has 9 heteroatoms. The van der Waals surface area contributed by atoms with E-state index in [0.717, 1.165) is 49.2 Å². The zero-order valence-corrected chi connectivity index (χ0v) is 26.2. The largest absolute Gasteiger partial charge is 0.367 e. The molecule has 2 amide bonds. The van der Waals surface area contributed by atoms with Gasteiger partial charge in [0.05, 0.1) is 28.7 Å². The van der Waals surface area contributed by atoms with Crippen LogP contribution in [0.25, 0.3) is 0 Å². The second-order valence-electron chi connectivity index (χ2n) is 11.2. The van der Waals surface area contributed by atoms with Gasteiger partial charge >= 0.3 is 0 Å². The second-order valence-corrected chi connectivity index (χ2v) is 12.0. The Hall–Kier alpha value is -2.61. The van der Waals surface area contributed by atoms with Crippen molar-refractivity contribution in [2.45, 2.75) is 50.3 Å². The lowest BCUT2D eigenvalue weighted by Crippen LogP contribution is -2.53. The van der Waals surface area contributed by atoms with Gasteiger partial charge in [-0.1, -0.05) is 89.9 Å². The van der Waals surface area contributed by atoms with Crippen molar-refractivity contribution in [3.8, 4) is 0 Å². The summed E-state index contributed by atoms with van der Waals surface area (Å²) in [6.07, 6.45) is 2.63. The van der Waals surface area contributed by atoms with Crippen LogP contribution in [0.3, 0.4) is 0 Å². The number of nitrogens with zero attached hydrogens (tertiary/aromatic N) is 2. The molecular formula is C33H38Cl3N3O3. The molecule has 0 spiro atoms. The first-order valence-corrected chi connectivity index (χ1v) is 15.0. The van der Waals surface area contributed by atoms with Crippen molar-refractivity contribution >= 4 is 47.4 Å². The van der Waals surface area contributed by atoms with Crippen LogP contribution in [0.15, 0.2) is 78.9 Å². The summed E-state index contributed by atoms with van der Waals surface area (Å²) in [7, 11) is 0. The van der Waals surface area contributed by atoms with E-state index in [1.807, 2.05) is 65.6 Å². The third kappa shape index (κ3) is 7.47. The number of piperidine rings is 2. The Morgan fingerprint density at radius 2 is 1.57 bits per heavy atom. The topological polar surface area (TPSA) is 61.9 Å². The molecule has 0 aliphatic carbocycles. The molecule has 1 atom stereocenters. The molecule has 42 heavy (non-hydrogen) atoms. The minimum atomic E-state index is -0.684. The zero-order chi connectivity index (χ0) is 28.9. The number of amides is 2. The Morgan fingerprint density at radius 3 is 2.21 bits per heavy atom. The summed E-state index contributed by atoms with van der Waals surface area (Å²) in [5.41, 5.74) is 2.13. The summed E-state index contributed by atoms with van der Waals surface area (Å²) in [5.74, 6) is 0.112. The van der Waals surface area contributed by atoms with E-state index in [2.05, 4.69) is 22.3 Å². The average Bonchev–Trinajstić information content (AvgIpc) is 2.98. The summed E-state index contributed by atoms with van der Waals surface area (Å²) >= 11 is 12.7. The van der Waals surface area contributed by atoms with Gasteiger partial charge in [0.2, 0.25) is 11.8 Å². The average molecular weight is 631 g/mol. The Labute approximate surface area is 264 Å². The quantitative estimate of drug-likeness (QED) is 0.290. The molecular weight excluding hydrogens is 593 g/mol. The molecule has 6 nitrogen and oxygen atoms in total. The first kappa shape index (κ1) is 32.3. The normalized spacial score (nSPS) is 20.5. The molecule has 5 rings (SSSR count). The fourth-order valence-corrected chi connectivity index (χ4v) is 6.51. The van der Waals surface area contributed by atoms with Gasteiger partial charge in [-0.2, -0.15) is 0 Å². The zero-order valence-electron chi connectivity index (χ0n) is 23.9. The number of rotatable bonds is 9. The molecule has 0 radical (unpaired) electrons. The predicted octanol–water partition coefficient (Wildman–Crippen LogP) is 6.58. The van der Waals surface area contributed by atoms with Crippen molar-refractivity contribution in [3.05, 3.63) is 106 Å². The van der Waals surface area contributed by atoms with Crippen molar-refractivity contribution in [1.29, 1.82) is 0 Å². The van der Waals surface area contributed by atoms with Crippen molar-refractivity contribution in [2.75, 3.05) is 32.8 Å². The fourth-order valence-electron chi connectivity index (χ4n) is 6.22. The van der Waals surface area contributed by atoms with Gasteiger partial charge in [-0.3, -0.25) is 9.59 Å². The van der Waals surface area contributed by atoms with Crippen LogP contribution in [0.5, 0.6) is 0 Å². The smallest absolute Gasteiger partial charge is 0.223 e. The van der Waals surface area contributed by atoms with E-state index < -0.39 is 5.60 Å². The number of ether oxygens (including phenoxy) is 1. The van der Waals surface area contributed by atoms with Crippen LogP contribution in [0.2, 0.25) is 10.0 Å². The molecule has 2 saturated heterocycles. The van der Waals surface area contributed by atoms with Crippen LogP contribution in [0, 0.1) is 0 Å². The first-order chi connectivity index (χ1) is 19.8. The van der Waals surface area contributed by atoms with E-state index in [1.165, 1.54) is 0 Å². The van der Waals surface area contributed by atoms with Gasteiger partial charge in [-0.05, 0) is 48.1 Å². The van der Waals surface area contributed by atoms with Gasteiger partial charge in [0.15, 0.2) is 0 Å². The maximum atomic E-state index is 13.0. The van der Waals surface area contributed by atoms with Crippen LogP contribution in [0.4, 0.5) is 0 Å². The molecule has 0 saturated carbocycles. The summed E-state index contributed by atoms with van der Waals surface area (Å²) in [4.78, 5) is 29.4. The molecule has 2 fully saturated rings. The molecule has 3 aromatic carbocycles. The number of benzene rings is 3. The Kier molecular flexibility index (Phi) is 11.0. The lowest BCUT2D eigenvalue weighted by Gasteiger charge is -2.44. The number of nitrogens with one attached hydrogen (secondary N) is 1. The second kappa shape index (κ2) is 14.2. The highest BCUT2D eigenvalue weighted by Crippen LogP contribution is 2.39. The summed E-state index contributed by atoms with van der Waals surface area (Å²) in [6, 6.07) is 25.9. The number of hydrogen-bond acceptors (Lipinski definition) is 4. The van der Waals surface area contributed by atoms with E-state index in [0.29, 0.717) is 42.6 Å². The highest BCUT2D eigenvalue weighted by Gasteiger charge is 2.42. The highest BCUT2D eigenvalue weighted by atomic mass is 35.5. The number of likely N-dealkylation sites (tertiary alicyclic amines) is 2. The maximum Gasteiger partial charge on any atom is 0.223 e. The third-order valence-electron chi connectivity index (χ3n) is 8.44. The minimum absolute atomic E-state index is 0. The molecule has 3 aromatic rings. The van der Waals surface area contributed by atoms with Gasteiger partial charge in [-0.15, -0.1) is 12.4 Å². The van der Waals surface area contributed by atoms with Crippen molar-refractivity contribution in [2.24, 2.45) is 0 Å². The van der Waals surface area contributed by atoms with Gasteiger partial charge in [0, 0.05) is 39.5 Å². The van der Waals surface area contributed by atoms with Crippen LogP contribution >= 0.6 is 35.6 Å². The van der Waals surface area contributed by atoms with Gasteiger partial charge in [0.1, 0.15) is 5.60 Å². The lowest BCUT2D eigenvalue weighted by molar-refractivity contribution is -0.152. The molecule has 2 heterocycles. The summed E-state index contributed by atoms with van der Waals surface area (Å²) in [6.45, 7) is 5.51. The lowest BCUT2D eigenvalue weighted by atomic mass is 9.80. The predicted molar refractivity (Wildman–Crippen MR) is 170 cm³/mol. The van der Waals surface area contributed by atoms with Gasteiger partial charge in [-0.25, -0.2) is 0 Å². The van der Waals surface area contributed by atoms with Crippen molar-refractivity contribution in [3.63, 3.8) is 0 Å². The number of halogens is 3. The van der Waals surface area contributed by atoms with Crippen LogP contribution in [-0.2, 0) is 32.0 Å². The molecule has 2 aliphatic heterocycles. The van der Waals surface area contributed by atoms with Crippen LogP contribution in [0.1, 0.15) is 49.3 Å². The molecule has 0 bridgehead atoms. The number of hydrogen-bond donors (Lipinski definition) is 1. The Balaban J connectivity index is 0.00000405. The van der Waals surface area contributed by atoms with Gasteiger partial charge < -0.3 is 19.9 Å². The van der Waals surface area contributed by atoms with E-state index in [4.69, 9.17) is 27.9 Å². The van der Waals surface area contributed by atoms with E-state index in [-0.39, 0.29) is 29.8 Å². The van der Waals surface area contributed by atoms with Crippen molar-refractivity contribution < 1.29 is 14.3 Å². The molecule has 224 valence electrons. The summed E-state index contributed by atoms with van der Waals surface area (Å²) in [5, 5.41) is 4.22. The monoisotopic (exact) mass is 629 g/mol. The number of carbonyl (C=O) groups excluding carboxylic acids is 2. The third-order valence-corrected chi connectivity index (χ3v) is 9.18. The Bertz CT molecular complexity index is 1350. The minimum Gasteiger partial charge on any atom is -0.367 e. The van der Waals surface area contributed by atoms with Crippen molar-refractivity contribution in [1.82, 2.24) is 15.1 Å². The molecule has 1 N–H and O–H groups in total. The molecule has 2 aliphatic rings. The van der Waals surface area contributed by atoms with Crippen LogP contribution in [-0.4, -0.2) is 54.4 Å². The SMILES string of the molecule is CC(=O)NC1(c2ccccc2)CCN(CCOC2(c3ccc(Cl)c(Cl)c3)CCC(=O)N(Cc3ccccc3)C2)CC1.Cl. The van der Waals surface area contributed by atoms with Crippen LogP contribution < -0.4 is 5.32 Å². The van der Waals surface area contributed by atoms with E-state index in [1.54, 1.807) is 13.0 Å². The first-order valence-electron chi connectivity index (χ1n) is 14.3. The Morgan fingerprint density at radius 1 is 0.905 bits per heavy atom. The molecule has 1 unspecified atom stereocenters. The van der Waals surface area contributed by atoms with E-state index >= 15 is 0 Å². The number of carbonyl (C=O) groups is 2. The maximum absolute atomic E-state index is 13.0.